The maximum atomic E-state index is 12.2. The van der Waals surface area contributed by atoms with Gasteiger partial charge in [0.05, 0.1) is 21.8 Å². The van der Waals surface area contributed by atoms with Crippen molar-refractivity contribution in [1.82, 2.24) is 5.01 Å². The Bertz CT molecular complexity index is 843. The summed E-state index contributed by atoms with van der Waals surface area (Å²) in [5, 5.41) is 4.89. The van der Waals surface area contributed by atoms with Crippen molar-refractivity contribution in [3.8, 4) is 11.5 Å². The second kappa shape index (κ2) is 5.20. The minimum atomic E-state index is -0.429. The maximum absolute atomic E-state index is 12.2. The predicted octanol–water partition coefficient (Wildman–Crippen LogP) is 2.81. The molecule has 0 saturated carbocycles. The Morgan fingerprint density at radius 2 is 1.78 bits per heavy atom. The number of nitrogens with zero attached hydrogens (tertiary/aromatic N) is 2. The van der Waals surface area contributed by atoms with Crippen LogP contribution >= 0.6 is 15.9 Å². The van der Waals surface area contributed by atoms with Gasteiger partial charge >= 0.3 is 0 Å². The summed E-state index contributed by atoms with van der Waals surface area (Å²) in [4.78, 5) is 24.4. The molecule has 0 radical (unpaired) electrons. The lowest BCUT2D eigenvalue weighted by molar-refractivity contribution is 0.0660. The summed E-state index contributed by atoms with van der Waals surface area (Å²) >= 11 is 3.38. The van der Waals surface area contributed by atoms with Crippen molar-refractivity contribution in [2.45, 2.75) is 0 Å². The summed E-state index contributed by atoms with van der Waals surface area (Å²) in [6, 6.07) is 10.2. The van der Waals surface area contributed by atoms with Gasteiger partial charge in [0.25, 0.3) is 11.8 Å². The topological polar surface area (TPSA) is 68.2 Å². The molecule has 6 nitrogen and oxygen atoms in total. The first kappa shape index (κ1) is 14.0. The molecule has 23 heavy (non-hydrogen) atoms. The highest BCUT2D eigenvalue weighted by molar-refractivity contribution is 9.10. The number of halogens is 1. The van der Waals surface area contributed by atoms with Crippen LogP contribution in [0.5, 0.6) is 11.5 Å². The van der Waals surface area contributed by atoms with E-state index in [0.717, 1.165) is 9.48 Å². The van der Waals surface area contributed by atoms with Crippen LogP contribution in [-0.4, -0.2) is 29.8 Å². The lowest BCUT2D eigenvalue weighted by atomic mass is 10.1. The Morgan fingerprint density at radius 3 is 2.48 bits per heavy atom. The van der Waals surface area contributed by atoms with Crippen LogP contribution in [0.3, 0.4) is 0 Å². The fourth-order valence-electron chi connectivity index (χ4n) is 2.47. The Hall–Kier alpha value is -2.67. The Morgan fingerprint density at radius 1 is 1.09 bits per heavy atom. The number of rotatable bonds is 2. The molecule has 0 atom stereocenters. The fraction of sp³-hybridized carbons (Fsp3) is 0.0625. The van der Waals surface area contributed by atoms with E-state index in [1.807, 2.05) is 0 Å². The molecule has 0 bridgehead atoms. The zero-order valence-electron chi connectivity index (χ0n) is 11.7. The van der Waals surface area contributed by atoms with E-state index >= 15 is 0 Å². The van der Waals surface area contributed by atoms with Gasteiger partial charge in [-0.1, -0.05) is 12.1 Å². The third kappa shape index (κ3) is 2.20. The van der Waals surface area contributed by atoms with Crippen LogP contribution in [0.15, 0.2) is 46.0 Å². The zero-order valence-corrected chi connectivity index (χ0v) is 13.2. The highest BCUT2D eigenvalue weighted by atomic mass is 79.9. The number of imide groups is 1. The molecule has 0 aliphatic carbocycles. The number of hydrazone groups is 1. The number of hydrogen-bond donors (Lipinski definition) is 0. The summed E-state index contributed by atoms with van der Waals surface area (Å²) in [5.74, 6) is 0.356. The Kier molecular flexibility index (Phi) is 3.16. The van der Waals surface area contributed by atoms with E-state index in [4.69, 9.17) is 9.47 Å². The van der Waals surface area contributed by atoms with Crippen LogP contribution in [0.4, 0.5) is 0 Å². The number of carbonyl (C=O) groups is 2. The fourth-order valence-corrected chi connectivity index (χ4v) is 3.04. The molecule has 2 aliphatic heterocycles. The Labute approximate surface area is 139 Å². The van der Waals surface area contributed by atoms with E-state index in [1.165, 1.54) is 6.21 Å². The van der Waals surface area contributed by atoms with Crippen LogP contribution in [0.2, 0.25) is 0 Å². The molecule has 2 heterocycles. The number of hydrogen-bond acceptors (Lipinski definition) is 5. The monoisotopic (exact) mass is 372 g/mol. The number of amides is 2. The number of fused-ring (bicyclic) bond motifs is 2. The van der Waals surface area contributed by atoms with E-state index in [1.54, 1.807) is 36.4 Å². The van der Waals surface area contributed by atoms with Gasteiger partial charge in [0.2, 0.25) is 6.79 Å². The summed E-state index contributed by atoms with van der Waals surface area (Å²) < 4.78 is 11.3. The van der Waals surface area contributed by atoms with Crippen LogP contribution in [0, 0.1) is 0 Å². The number of carbonyl (C=O) groups excluding carboxylic acids is 2. The van der Waals surface area contributed by atoms with Crippen molar-refractivity contribution >= 4 is 34.0 Å². The summed E-state index contributed by atoms with van der Waals surface area (Å²) in [6.07, 6.45) is 1.44. The molecule has 2 aromatic carbocycles. The molecule has 2 aromatic rings. The molecule has 4 rings (SSSR count). The first-order valence-electron chi connectivity index (χ1n) is 6.76. The average Bonchev–Trinajstić information content (AvgIpc) is 3.11. The van der Waals surface area contributed by atoms with Gasteiger partial charge in [0.15, 0.2) is 11.5 Å². The largest absolute Gasteiger partial charge is 0.454 e. The van der Waals surface area contributed by atoms with Crippen LogP contribution in [-0.2, 0) is 0 Å². The highest BCUT2D eigenvalue weighted by Crippen LogP contribution is 2.39. The normalized spacial score (nSPS) is 15.6. The summed E-state index contributed by atoms with van der Waals surface area (Å²) in [6.45, 7) is 0.160. The van der Waals surface area contributed by atoms with Gasteiger partial charge in [0.1, 0.15) is 0 Å². The van der Waals surface area contributed by atoms with Gasteiger partial charge in [-0.15, -0.1) is 0 Å². The molecule has 2 aliphatic rings. The second-order valence-corrected chi connectivity index (χ2v) is 5.80. The van der Waals surface area contributed by atoms with Crippen molar-refractivity contribution in [3.05, 3.63) is 57.6 Å². The van der Waals surface area contributed by atoms with Crippen molar-refractivity contribution in [2.75, 3.05) is 6.79 Å². The molecule has 2 amide bonds. The summed E-state index contributed by atoms with van der Waals surface area (Å²) in [7, 11) is 0. The van der Waals surface area contributed by atoms with Crippen molar-refractivity contribution < 1.29 is 19.1 Å². The van der Waals surface area contributed by atoms with E-state index in [-0.39, 0.29) is 6.79 Å². The minimum absolute atomic E-state index is 0.160. The molecule has 0 unspecified atom stereocenters. The van der Waals surface area contributed by atoms with Crippen molar-refractivity contribution in [1.29, 1.82) is 0 Å². The number of ether oxygens (including phenoxy) is 2. The molecular formula is C16H9BrN2O4. The smallest absolute Gasteiger partial charge is 0.282 e. The first-order chi connectivity index (χ1) is 11.1. The van der Waals surface area contributed by atoms with Crippen molar-refractivity contribution in [3.63, 3.8) is 0 Å². The van der Waals surface area contributed by atoms with Gasteiger partial charge in [0, 0.05) is 0 Å². The molecule has 7 heteroatoms. The molecule has 114 valence electrons. The quantitative estimate of drug-likeness (QED) is 0.600. The molecule has 0 spiro atoms. The molecule has 0 fully saturated rings. The average molecular weight is 373 g/mol. The molecule has 0 aromatic heterocycles. The first-order valence-corrected chi connectivity index (χ1v) is 7.55. The molecular weight excluding hydrogens is 364 g/mol. The van der Waals surface area contributed by atoms with Crippen molar-refractivity contribution in [2.24, 2.45) is 5.10 Å². The SMILES string of the molecule is O=C1c2ccccc2C(=O)N1/N=C\c1cc(Br)c2c(c1)OCO2. The standard InChI is InChI=1S/C16H9BrN2O4/c17-12-5-9(6-13-14(12)23-8-22-13)7-18-19-15(20)10-3-1-2-4-11(10)16(19)21/h1-7H,8H2/b18-7-. The minimum Gasteiger partial charge on any atom is -0.454 e. The molecule has 0 saturated heterocycles. The zero-order chi connectivity index (χ0) is 16.0. The predicted molar refractivity (Wildman–Crippen MR) is 84.8 cm³/mol. The van der Waals surface area contributed by atoms with Gasteiger partial charge in [-0.05, 0) is 45.8 Å². The Balaban J connectivity index is 1.65. The lowest BCUT2D eigenvalue weighted by Gasteiger charge is -2.06. The second-order valence-electron chi connectivity index (χ2n) is 4.95. The van der Waals surface area contributed by atoms with Crippen LogP contribution < -0.4 is 9.47 Å². The van der Waals surface area contributed by atoms with E-state index in [2.05, 4.69) is 21.0 Å². The van der Waals surface area contributed by atoms with Gasteiger partial charge in [-0.2, -0.15) is 10.1 Å². The number of benzene rings is 2. The van der Waals surface area contributed by atoms with Crippen LogP contribution in [0.25, 0.3) is 0 Å². The van der Waals surface area contributed by atoms with Gasteiger partial charge in [-0.3, -0.25) is 9.59 Å². The van der Waals surface area contributed by atoms with E-state index in [0.29, 0.717) is 28.2 Å². The summed E-state index contributed by atoms with van der Waals surface area (Å²) in [5.41, 5.74) is 1.40. The van der Waals surface area contributed by atoms with Crippen LogP contribution in [0.1, 0.15) is 26.3 Å². The highest BCUT2D eigenvalue weighted by Gasteiger charge is 2.35. The lowest BCUT2D eigenvalue weighted by Crippen LogP contribution is -2.23. The molecule has 0 N–H and O–H groups in total. The van der Waals surface area contributed by atoms with E-state index in [9.17, 15) is 9.59 Å². The van der Waals surface area contributed by atoms with Gasteiger partial charge in [-0.25, -0.2) is 0 Å². The van der Waals surface area contributed by atoms with E-state index < -0.39 is 11.8 Å². The third-order valence-corrected chi connectivity index (χ3v) is 4.13. The third-order valence-electron chi connectivity index (χ3n) is 3.54. The maximum Gasteiger partial charge on any atom is 0.282 e. The van der Waals surface area contributed by atoms with Gasteiger partial charge < -0.3 is 9.47 Å².